The number of hydrogen-bond acceptors (Lipinski definition) is 4. The van der Waals surface area contributed by atoms with Crippen molar-refractivity contribution in [2.75, 3.05) is 0 Å². The lowest BCUT2D eigenvalue weighted by Crippen LogP contribution is -2.45. The maximum atomic E-state index is 13.2. The largest absolute Gasteiger partial charge is 0.368 e. The topological polar surface area (TPSA) is 94.2 Å². The van der Waals surface area contributed by atoms with Gasteiger partial charge in [0.15, 0.2) is 0 Å². The molecule has 0 saturated heterocycles. The van der Waals surface area contributed by atoms with Gasteiger partial charge < -0.3 is 5.73 Å². The first-order valence-corrected chi connectivity index (χ1v) is 9.38. The van der Waals surface area contributed by atoms with Gasteiger partial charge in [-0.25, -0.2) is 12.4 Å². The summed E-state index contributed by atoms with van der Waals surface area (Å²) in [6.07, 6.45) is 0.377. The third-order valence-corrected chi connectivity index (χ3v) is 6.36. The minimum Gasteiger partial charge on any atom is -0.368 e. The summed E-state index contributed by atoms with van der Waals surface area (Å²) in [6.45, 7) is 0.268. The average molecular weight is 355 g/mol. The Morgan fingerprint density at radius 1 is 1.08 bits per heavy atom. The predicted octanol–water partition coefficient (Wildman–Crippen LogP) is 1.38. The lowest BCUT2D eigenvalue weighted by Gasteiger charge is -2.23. The van der Waals surface area contributed by atoms with Crippen LogP contribution in [-0.2, 0) is 27.8 Å². The number of fused-ring (bicyclic) bond motifs is 3. The summed E-state index contributed by atoms with van der Waals surface area (Å²) in [7, 11) is -3.74. The number of aromatic nitrogens is 1. The van der Waals surface area contributed by atoms with Crippen LogP contribution in [0.2, 0.25) is 0 Å². The van der Waals surface area contributed by atoms with Gasteiger partial charge in [-0.15, -0.1) is 0 Å². The summed E-state index contributed by atoms with van der Waals surface area (Å²) in [6, 6.07) is 15.2. The molecule has 25 heavy (non-hydrogen) atoms. The molecule has 0 spiro atoms. The maximum absolute atomic E-state index is 13.2. The molecule has 0 radical (unpaired) electrons. The van der Waals surface area contributed by atoms with Crippen molar-refractivity contribution in [1.82, 2.24) is 9.29 Å². The monoisotopic (exact) mass is 355 g/mol. The molecule has 3 N–H and O–H groups in total. The Bertz CT molecular complexity index is 1070. The quantitative estimate of drug-likeness (QED) is 0.742. The average Bonchev–Trinajstić information content (AvgIpc) is 2.96. The van der Waals surface area contributed by atoms with E-state index in [0.29, 0.717) is 17.6 Å². The fourth-order valence-corrected chi connectivity index (χ4v) is 5.00. The molecule has 1 amide bonds. The number of carbonyl (C=O) groups is 1. The fraction of sp³-hybridized carbons (Fsp3) is 0.167. The van der Waals surface area contributed by atoms with E-state index in [2.05, 4.69) is 5.32 Å². The summed E-state index contributed by atoms with van der Waals surface area (Å²) in [5.74, 6) is -0.437. The Kier molecular flexibility index (Phi) is 3.63. The van der Waals surface area contributed by atoms with Crippen LogP contribution in [0.15, 0.2) is 59.5 Å². The molecule has 1 atom stereocenters. The Hall–Kier alpha value is -2.64. The Morgan fingerprint density at radius 2 is 1.76 bits per heavy atom. The van der Waals surface area contributed by atoms with Crippen molar-refractivity contribution in [3.63, 3.8) is 0 Å². The second-order valence-corrected chi connectivity index (χ2v) is 7.85. The Balaban J connectivity index is 1.99. The Morgan fingerprint density at radius 3 is 2.48 bits per heavy atom. The van der Waals surface area contributed by atoms with E-state index in [9.17, 15) is 13.2 Å². The number of hydrogen-bond donors (Lipinski definition) is 2. The molecule has 1 aromatic heterocycles. The maximum Gasteiger partial charge on any atom is 0.268 e. The van der Waals surface area contributed by atoms with Gasteiger partial charge in [-0.2, -0.15) is 0 Å². The van der Waals surface area contributed by atoms with Gasteiger partial charge in [-0.3, -0.25) is 10.1 Å². The summed E-state index contributed by atoms with van der Waals surface area (Å²) >= 11 is 0. The van der Waals surface area contributed by atoms with Gasteiger partial charge in [0.2, 0.25) is 5.91 Å². The van der Waals surface area contributed by atoms with Gasteiger partial charge in [0.05, 0.1) is 22.1 Å². The second-order valence-electron chi connectivity index (χ2n) is 6.06. The lowest BCUT2D eigenvalue weighted by atomic mass is 9.98. The normalized spacial score (nSPS) is 17.4. The molecule has 0 aliphatic carbocycles. The van der Waals surface area contributed by atoms with Crippen LogP contribution in [0.5, 0.6) is 0 Å². The first-order valence-electron chi connectivity index (χ1n) is 7.94. The van der Waals surface area contributed by atoms with Crippen LogP contribution in [-0.4, -0.2) is 24.3 Å². The zero-order valence-corrected chi connectivity index (χ0v) is 14.2. The summed E-state index contributed by atoms with van der Waals surface area (Å²) in [4.78, 5) is 11.8. The molecule has 4 rings (SSSR count). The van der Waals surface area contributed by atoms with Crippen LogP contribution < -0.4 is 11.1 Å². The van der Waals surface area contributed by atoms with E-state index in [1.54, 1.807) is 36.4 Å². The number of para-hydroxylation sites is 1. The van der Waals surface area contributed by atoms with Crippen molar-refractivity contribution in [2.24, 2.45) is 5.73 Å². The van der Waals surface area contributed by atoms with E-state index in [1.165, 1.54) is 3.97 Å². The molecule has 6 nitrogen and oxygen atoms in total. The first kappa shape index (κ1) is 15.9. The molecule has 0 saturated carbocycles. The third kappa shape index (κ3) is 2.43. The van der Waals surface area contributed by atoms with Crippen LogP contribution in [0.1, 0.15) is 11.3 Å². The Labute approximate surface area is 145 Å². The van der Waals surface area contributed by atoms with Gasteiger partial charge in [0.1, 0.15) is 0 Å². The van der Waals surface area contributed by atoms with E-state index >= 15 is 0 Å². The van der Waals surface area contributed by atoms with E-state index < -0.39 is 22.0 Å². The molecule has 1 aliphatic heterocycles. The van der Waals surface area contributed by atoms with Crippen LogP contribution in [0, 0.1) is 0 Å². The van der Waals surface area contributed by atoms with Crippen LogP contribution >= 0.6 is 0 Å². The van der Waals surface area contributed by atoms with E-state index in [0.717, 1.165) is 10.9 Å². The number of carbonyl (C=O) groups excluding carboxylic acids is 1. The summed E-state index contributed by atoms with van der Waals surface area (Å²) < 4.78 is 27.9. The third-order valence-electron chi connectivity index (χ3n) is 4.59. The number of primary amides is 1. The first-order chi connectivity index (χ1) is 12.0. The molecule has 0 bridgehead atoms. The highest BCUT2D eigenvalue weighted by Gasteiger charge is 2.32. The molecule has 2 aromatic carbocycles. The number of rotatable bonds is 3. The van der Waals surface area contributed by atoms with E-state index in [1.807, 2.05) is 18.2 Å². The van der Waals surface area contributed by atoms with E-state index in [-0.39, 0.29) is 11.4 Å². The zero-order chi connectivity index (χ0) is 17.6. The highest BCUT2D eigenvalue weighted by molar-refractivity contribution is 7.90. The molecule has 1 unspecified atom stereocenters. The smallest absolute Gasteiger partial charge is 0.268 e. The second kappa shape index (κ2) is 5.72. The van der Waals surface area contributed by atoms with Crippen molar-refractivity contribution in [3.8, 4) is 0 Å². The van der Waals surface area contributed by atoms with Crippen molar-refractivity contribution >= 4 is 26.8 Å². The highest BCUT2D eigenvalue weighted by Crippen LogP contribution is 2.33. The lowest BCUT2D eigenvalue weighted by molar-refractivity contribution is -0.120. The van der Waals surface area contributed by atoms with Crippen LogP contribution in [0.25, 0.3) is 10.9 Å². The number of nitrogens with zero attached hydrogens (tertiary/aromatic N) is 1. The van der Waals surface area contributed by atoms with Gasteiger partial charge in [0, 0.05) is 11.9 Å². The number of amides is 1. The fourth-order valence-electron chi connectivity index (χ4n) is 3.41. The van der Waals surface area contributed by atoms with Gasteiger partial charge in [-0.1, -0.05) is 36.4 Å². The summed E-state index contributed by atoms with van der Waals surface area (Å²) in [5.41, 5.74) is 7.55. The van der Waals surface area contributed by atoms with Crippen LogP contribution in [0.4, 0.5) is 0 Å². The molecule has 1 aliphatic rings. The summed E-state index contributed by atoms with van der Waals surface area (Å²) in [5, 5.41) is 3.88. The molecule has 7 heteroatoms. The molecular formula is C18H17N3O3S. The standard InChI is InChI=1S/C18H17N3O3S/c19-18(22)15-10-14-13-8-4-5-9-16(13)21(17(14)11-20-15)25(23,24)12-6-2-1-3-7-12/h1-9,15,20H,10-11H2,(H2,19,22). The van der Waals surface area contributed by atoms with Crippen LogP contribution in [0.3, 0.4) is 0 Å². The van der Waals surface area contributed by atoms with Crippen molar-refractivity contribution in [2.45, 2.75) is 23.9 Å². The van der Waals surface area contributed by atoms with Gasteiger partial charge >= 0.3 is 0 Å². The number of nitrogens with one attached hydrogen (secondary N) is 1. The predicted molar refractivity (Wildman–Crippen MR) is 94.5 cm³/mol. The minimum absolute atomic E-state index is 0.232. The SMILES string of the molecule is NC(=O)C1Cc2c(n(S(=O)(=O)c3ccccc3)c3ccccc23)CN1. The molecule has 128 valence electrons. The molecule has 3 aromatic rings. The zero-order valence-electron chi connectivity index (χ0n) is 13.3. The molecule has 0 fully saturated rings. The minimum atomic E-state index is -3.74. The van der Waals surface area contributed by atoms with Crippen molar-refractivity contribution in [1.29, 1.82) is 0 Å². The highest BCUT2D eigenvalue weighted by atomic mass is 32.2. The molecule has 2 heterocycles. The van der Waals surface area contributed by atoms with Gasteiger partial charge in [-0.05, 0) is 30.2 Å². The molecular weight excluding hydrogens is 338 g/mol. The van der Waals surface area contributed by atoms with Crippen molar-refractivity contribution in [3.05, 3.63) is 65.9 Å². The van der Waals surface area contributed by atoms with Gasteiger partial charge in [0.25, 0.3) is 10.0 Å². The number of benzene rings is 2. The number of nitrogens with two attached hydrogens (primary N) is 1. The van der Waals surface area contributed by atoms with Crippen molar-refractivity contribution < 1.29 is 13.2 Å². The van der Waals surface area contributed by atoms with E-state index in [4.69, 9.17) is 5.73 Å².